The van der Waals surface area contributed by atoms with Crippen molar-refractivity contribution < 1.29 is 9.59 Å². The maximum atomic E-state index is 12.9. The molecular formula is C28H31N5O2. The van der Waals surface area contributed by atoms with Crippen molar-refractivity contribution in [2.24, 2.45) is 5.92 Å². The number of hydrogen-bond acceptors (Lipinski definition) is 5. The zero-order valence-electron chi connectivity index (χ0n) is 20.1. The van der Waals surface area contributed by atoms with E-state index in [-0.39, 0.29) is 17.7 Å². The zero-order chi connectivity index (χ0) is 24.2. The van der Waals surface area contributed by atoms with Gasteiger partial charge in [0.05, 0.1) is 12.1 Å². The lowest BCUT2D eigenvalue weighted by Crippen LogP contribution is -2.37. The van der Waals surface area contributed by atoms with Crippen LogP contribution >= 0.6 is 0 Å². The van der Waals surface area contributed by atoms with Gasteiger partial charge in [-0.25, -0.2) is 0 Å². The fourth-order valence-electron chi connectivity index (χ4n) is 5.13. The summed E-state index contributed by atoms with van der Waals surface area (Å²) in [5, 5.41) is 11.3. The van der Waals surface area contributed by atoms with Crippen LogP contribution in [0.5, 0.6) is 0 Å². The minimum absolute atomic E-state index is 0.0505. The molecule has 2 aliphatic rings. The molecule has 0 spiro atoms. The van der Waals surface area contributed by atoms with Crippen molar-refractivity contribution in [1.82, 2.24) is 15.1 Å². The van der Waals surface area contributed by atoms with Gasteiger partial charge in [-0.2, -0.15) is 5.10 Å². The summed E-state index contributed by atoms with van der Waals surface area (Å²) in [7, 11) is 0. The molecule has 2 fully saturated rings. The normalized spacial score (nSPS) is 18.5. The summed E-state index contributed by atoms with van der Waals surface area (Å²) in [5.41, 5.74) is 3.92. The van der Waals surface area contributed by atoms with Gasteiger partial charge in [0.15, 0.2) is 5.82 Å². The Morgan fingerprint density at radius 2 is 1.66 bits per heavy atom. The third-order valence-corrected chi connectivity index (χ3v) is 7.21. The van der Waals surface area contributed by atoms with Crippen molar-refractivity contribution >= 4 is 23.3 Å². The van der Waals surface area contributed by atoms with E-state index in [0.29, 0.717) is 12.5 Å². The molecule has 1 atom stereocenters. The molecular weight excluding hydrogens is 438 g/mol. The third kappa shape index (κ3) is 5.19. The van der Waals surface area contributed by atoms with E-state index in [1.807, 2.05) is 60.4 Å². The van der Waals surface area contributed by atoms with Gasteiger partial charge in [-0.1, -0.05) is 30.3 Å². The molecule has 7 nitrogen and oxygen atoms in total. The van der Waals surface area contributed by atoms with E-state index in [1.54, 1.807) is 6.20 Å². The molecule has 0 saturated carbocycles. The van der Waals surface area contributed by atoms with Crippen LogP contribution in [0.4, 0.5) is 11.5 Å². The number of carbonyl (C=O) groups excluding carboxylic acids is 2. The van der Waals surface area contributed by atoms with Crippen LogP contribution in [0.15, 0.2) is 66.9 Å². The van der Waals surface area contributed by atoms with Crippen LogP contribution in [-0.4, -0.2) is 53.1 Å². The number of carbonyl (C=O) groups is 2. The van der Waals surface area contributed by atoms with Gasteiger partial charge in [-0.05, 0) is 73.6 Å². The summed E-state index contributed by atoms with van der Waals surface area (Å²) in [5.74, 6) is 1.39. The van der Waals surface area contributed by atoms with Crippen LogP contribution in [-0.2, 0) is 4.79 Å². The average Bonchev–Trinajstić information content (AvgIpc) is 3.40. The molecule has 0 radical (unpaired) electrons. The summed E-state index contributed by atoms with van der Waals surface area (Å²) < 4.78 is 0. The second kappa shape index (κ2) is 10.3. The molecule has 7 heteroatoms. The quantitative estimate of drug-likeness (QED) is 0.604. The van der Waals surface area contributed by atoms with Crippen LogP contribution < -0.4 is 10.2 Å². The van der Waals surface area contributed by atoms with E-state index < -0.39 is 0 Å². The Labute approximate surface area is 206 Å². The number of piperidine rings is 1. The van der Waals surface area contributed by atoms with E-state index in [1.165, 1.54) is 5.56 Å². The number of likely N-dealkylation sites (tertiary alicyclic amines) is 1. The van der Waals surface area contributed by atoms with Gasteiger partial charge in [0.25, 0.3) is 5.91 Å². The highest BCUT2D eigenvalue weighted by Gasteiger charge is 2.30. The number of nitrogens with one attached hydrogen (secondary N) is 1. The predicted octanol–water partition coefficient (Wildman–Crippen LogP) is 4.27. The summed E-state index contributed by atoms with van der Waals surface area (Å²) in [6.07, 6.45) is 4.39. The molecule has 2 aromatic carbocycles. The summed E-state index contributed by atoms with van der Waals surface area (Å²) in [6.45, 7) is 5.01. The van der Waals surface area contributed by atoms with E-state index in [2.05, 4.69) is 32.5 Å². The van der Waals surface area contributed by atoms with Crippen molar-refractivity contribution in [2.45, 2.75) is 32.1 Å². The molecule has 2 amide bonds. The minimum Gasteiger partial charge on any atom is -0.354 e. The standard InChI is InChI=1S/C28H31N5O2/c1-20-11-15-29-31-26(20)33-18-14-24(19-33)27(34)30-25-9-7-21(8-10-25)22-12-16-32(17-13-22)28(35)23-5-3-2-4-6-23/h2-11,15,22,24H,12-14,16-19H2,1H3,(H,30,34). The first-order valence-electron chi connectivity index (χ1n) is 12.4. The first-order chi connectivity index (χ1) is 17.1. The Balaban J connectivity index is 1.13. The van der Waals surface area contributed by atoms with Crippen LogP contribution in [0, 0.1) is 12.8 Å². The molecule has 0 bridgehead atoms. The first-order valence-corrected chi connectivity index (χ1v) is 12.4. The van der Waals surface area contributed by atoms with Crippen molar-refractivity contribution in [3.05, 3.63) is 83.6 Å². The topological polar surface area (TPSA) is 78.4 Å². The Hall–Kier alpha value is -3.74. The molecule has 3 aromatic rings. The van der Waals surface area contributed by atoms with Crippen LogP contribution in [0.2, 0.25) is 0 Å². The van der Waals surface area contributed by atoms with Crippen molar-refractivity contribution in [2.75, 3.05) is 36.4 Å². The number of amides is 2. The Kier molecular flexibility index (Phi) is 6.75. The second-order valence-corrected chi connectivity index (χ2v) is 9.51. The smallest absolute Gasteiger partial charge is 0.253 e. The Morgan fingerprint density at radius 3 is 2.37 bits per heavy atom. The predicted molar refractivity (Wildman–Crippen MR) is 136 cm³/mol. The van der Waals surface area contributed by atoms with Crippen molar-refractivity contribution in [3.8, 4) is 0 Å². The molecule has 3 heterocycles. The van der Waals surface area contributed by atoms with E-state index >= 15 is 0 Å². The fraction of sp³-hybridized carbons (Fsp3) is 0.357. The number of hydrogen-bond donors (Lipinski definition) is 1. The van der Waals surface area contributed by atoms with Gasteiger partial charge in [0.1, 0.15) is 0 Å². The molecule has 180 valence electrons. The second-order valence-electron chi connectivity index (χ2n) is 9.51. The maximum Gasteiger partial charge on any atom is 0.253 e. The number of aryl methyl sites for hydroxylation is 1. The number of anilines is 2. The van der Waals surface area contributed by atoms with Crippen molar-refractivity contribution in [3.63, 3.8) is 0 Å². The number of aromatic nitrogens is 2. The molecule has 1 aromatic heterocycles. The van der Waals surface area contributed by atoms with Gasteiger partial charge >= 0.3 is 0 Å². The van der Waals surface area contributed by atoms with Gasteiger partial charge in [-0.3, -0.25) is 9.59 Å². The summed E-state index contributed by atoms with van der Waals surface area (Å²) >= 11 is 0. The zero-order valence-corrected chi connectivity index (χ0v) is 20.1. The highest BCUT2D eigenvalue weighted by atomic mass is 16.2. The monoisotopic (exact) mass is 469 g/mol. The van der Waals surface area contributed by atoms with E-state index in [4.69, 9.17) is 0 Å². The molecule has 2 saturated heterocycles. The Bertz CT molecular complexity index is 1170. The number of benzene rings is 2. The molecule has 0 aliphatic carbocycles. The van der Waals surface area contributed by atoms with Crippen molar-refractivity contribution in [1.29, 1.82) is 0 Å². The third-order valence-electron chi connectivity index (χ3n) is 7.21. The molecule has 2 aliphatic heterocycles. The first kappa shape index (κ1) is 23.0. The fourth-order valence-corrected chi connectivity index (χ4v) is 5.13. The average molecular weight is 470 g/mol. The van der Waals surface area contributed by atoms with Crippen LogP contribution in [0.1, 0.15) is 46.7 Å². The lowest BCUT2D eigenvalue weighted by atomic mass is 9.89. The number of nitrogens with zero attached hydrogens (tertiary/aromatic N) is 4. The lowest BCUT2D eigenvalue weighted by Gasteiger charge is -2.32. The SMILES string of the molecule is Cc1ccnnc1N1CCC(C(=O)Nc2ccc(C3CCN(C(=O)c4ccccc4)CC3)cc2)C1. The highest BCUT2D eigenvalue weighted by Crippen LogP contribution is 2.30. The molecule has 1 N–H and O–H groups in total. The van der Waals surface area contributed by atoms with Crippen LogP contribution in [0.25, 0.3) is 0 Å². The molecule has 5 rings (SSSR count). The lowest BCUT2D eigenvalue weighted by molar-refractivity contribution is -0.119. The Morgan fingerprint density at radius 1 is 0.914 bits per heavy atom. The van der Waals surface area contributed by atoms with Crippen LogP contribution in [0.3, 0.4) is 0 Å². The number of rotatable bonds is 5. The molecule has 35 heavy (non-hydrogen) atoms. The minimum atomic E-state index is -0.0671. The van der Waals surface area contributed by atoms with Gasteiger partial charge < -0.3 is 15.1 Å². The largest absolute Gasteiger partial charge is 0.354 e. The highest BCUT2D eigenvalue weighted by molar-refractivity contribution is 5.94. The van der Waals surface area contributed by atoms with Gasteiger partial charge in [-0.15, -0.1) is 5.10 Å². The van der Waals surface area contributed by atoms with Gasteiger partial charge in [0.2, 0.25) is 5.91 Å². The van der Waals surface area contributed by atoms with E-state index in [0.717, 1.165) is 61.5 Å². The van der Waals surface area contributed by atoms with Gasteiger partial charge in [0, 0.05) is 37.4 Å². The summed E-state index contributed by atoms with van der Waals surface area (Å²) in [6, 6.07) is 19.6. The maximum absolute atomic E-state index is 12.9. The van der Waals surface area contributed by atoms with E-state index in [9.17, 15) is 9.59 Å². The molecule has 1 unspecified atom stereocenters. The summed E-state index contributed by atoms with van der Waals surface area (Å²) in [4.78, 5) is 29.7.